The lowest BCUT2D eigenvalue weighted by atomic mass is 9.95. The molecule has 134 valence electrons. The number of urea groups is 1. The molecule has 2 amide bonds. The minimum atomic E-state index is -0.0539. The Balaban J connectivity index is 1.74. The van der Waals surface area contributed by atoms with Crippen molar-refractivity contribution in [2.24, 2.45) is 7.05 Å². The summed E-state index contributed by atoms with van der Waals surface area (Å²) in [5.41, 5.74) is 4.51. The largest absolute Gasteiger partial charge is 0.331 e. The molecule has 25 heavy (non-hydrogen) atoms. The van der Waals surface area contributed by atoms with Gasteiger partial charge in [0.15, 0.2) is 0 Å². The zero-order valence-electron chi connectivity index (χ0n) is 15.6. The van der Waals surface area contributed by atoms with E-state index in [1.54, 1.807) is 4.68 Å². The van der Waals surface area contributed by atoms with Crippen molar-refractivity contribution in [1.29, 1.82) is 0 Å². The van der Waals surface area contributed by atoms with Gasteiger partial charge in [0, 0.05) is 25.4 Å². The molecule has 2 heterocycles. The van der Waals surface area contributed by atoms with E-state index in [9.17, 15) is 4.79 Å². The Labute approximate surface area is 150 Å². The van der Waals surface area contributed by atoms with Gasteiger partial charge in [0.2, 0.25) is 0 Å². The molecular weight excluding hydrogens is 312 g/mol. The van der Waals surface area contributed by atoms with E-state index in [2.05, 4.69) is 41.6 Å². The van der Waals surface area contributed by atoms with Gasteiger partial charge in [-0.1, -0.05) is 29.8 Å². The maximum absolute atomic E-state index is 12.9. The van der Waals surface area contributed by atoms with Crippen molar-refractivity contribution >= 4 is 6.03 Å². The maximum atomic E-state index is 12.9. The third kappa shape index (κ3) is 3.86. The first-order valence-electron chi connectivity index (χ1n) is 9.09. The third-order valence-electron chi connectivity index (χ3n) is 5.08. The molecule has 0 radical (unpaired) electrons. The van der Waals surface area contributed by atoms with Crippen molar-refractivity contribution in [3.8, 4) is 0 Å². The van der Waals surface area contributed by atoms with Gasteiger partial charge in [0.05, 0.1) is 17.8 Å². The van der Waals surface area contributed by atoms with Crippen LogP contribution in [-0.2, 0) is 7.05 Å². The Hall–Kier alpha value is -2.30. The first-order valence-corrected chi connectivity index (χ1v) is 9.09. The van der Waals surface area contributed by atoms with Gasteiger partial charge in [-0.25, -0.2) is 4.79 Å². The molecule has 0 saturated carbocycles. The normalized spacial score (nSPS) is 18.9. The fraction of sp³-hybridized carbons (Fsp3) is 0.500. The Morgan fingerprint density at radius 1 is 1.24 bits per heavy atom. The highest BCUT2D eigenvalue weighted by Gasteiger charge is 2.29. The summed E-state index contributed by atoms with van der Waals surface area (Å²) in [6.07, 6.45) is 5.24. The molecule has 1 N–H and O–H groups in total. The summed E-state index contributed by atoms with van der Waals surface area (Å²) < 4.78 is 1.79. The van der Waals surface area contributed by atoms with E-state index in [0.717, 1.165) is 30.6 Å². The fourth-order valence-electron chi connectivity index (χ4n) is 3.70. The number of hydrogen-bond donors (Lipinski definition) is 1. The van der Waals surface area contributed by atoms with Crippen LogP contribution >= 0.6 is 0 Å². The summed E-state index contributed by atoms with van der Waals surface area (Å²) in [5.74, 6) is 0. The SMILES string of the molecule is Cc1ccc(C2CCCCN2C(=O)NC(C)c2cn(C)nc2C)cc1. The summed E-state index contributed by atoms with van der Waals surface area (Å²) in [6, 6.07) is 8.68. The van der Waals surface area contributed by atoms with Crippen LogP contribution in [0.3, 0.4) is 0 Å². The predicted molar refractivity (Wildman–Crippen MR) is 99.4 cm³/mol. The smallest absolute Gasteiger partial charge is 0.318 e. The van der Waals surface area contributed by atoms with Gasteiger partial charge in [-0.3, -0.25) is 4.68 Å². The number of nitrogens with zero attached hydrogens (tertiary/aromatic N) is 3. The molecule has 1 aromatic heterocycles. The number of amides is 2. The lowest BCUT2D eigenvalue weighted by Gasteiger charge is -2.36. The minimum Gasteiger partial charge on any atom is -0.331 e. The number of piperidine rings is 1. The predicted octanol–water partition coefficient (Wildman–Crippen LogP) is 4.03. The van der Waals surface area contributed by atoms with Crippen LogP contribution in [0.2, 0.25) is 0 Å². The van der Waals surface area contributed by atoms with Crippen LogP contribution in [0.15, 0.2) is 30.5 Å². The van der Waals surface area contributed by atoms with Crippen LogP contribution in [0.1, 0.15) is 60.7 Å². The van der Waals surface area contributed by atoms with Crippen molar-refractivity contribution in [2.75, 3.05) is 6.54 Å². The van der Waals surface area contributed by atoms with Gasteiger partial charge in [-0.15, -0.1) is 0 Å². The van der Waals surface area contributed by atoms with Crippen LogP contribution < -0.4 is 5.32 Å². The number of hydrogen-bond acceptors (Lipinski definition) is 2. The fourth-order valence-corrected chi connectivity index (χ4v) is 3.70. The van der Waals surface area contributed by atoms with Crippen molar-refractivity contribution in [1.82, 2.24) is 20.0 Å². The van der Waals surface area contributed by atoms with Gasteiger partial charge >= 0.3 is 6.03 Å². The second kappa shape index (κ2) is 7.30. The zero-order valence-corrected chi connectivity index (χ0v) is 15.6. The number of carbonyl (C=O) groups excluding carboxylic acids is 1. The Morgan fingerprint density at radius 3 is 2.60 bits per heavy atom. The molecule has 5 nitrogen and oxygen atoms in total. The summed E-state index contributed by atoms with van der Waals surface area (Å²) in [6.45, 7) is 6.90. The number of likely N-dealkylation sites (tertiary alicyclic amines) is 1. The molecule has 2 aromatic rings. The second-order valence-electron chi connectivity index (χ2n) is 7.13. The van der Waals surface area contributed by atoms with E-state index >= 15 is 0 Å². The lowest BCUT2D eigenvalue weighted by molar-refractivity contribution is 0.149. The lowest BCUT2D eigenvalue weighted by Crippen LogP contribution is -2.45. The average molecular weight is 340 g/mol. The molecule has 1 saturated heterocycles. The summed E-state index contributed by atoms with van der Waals surface area (Å²) in [7, 11) is 1.91. The maximum Gasteiger partial charge on any atom is 0.318 e. The molecule has 0 bridgehead atoms. The topological polar surface area (TPSA) is 50.2 Å². The quantitative estimate of drug-likeness (QED) is 0.917. The third-order valence-corrected chi connectivity index (χ3v) is 5.08. The molecule has 5 heteroatoms. The molecule has 0 aliphatic carbocycles. The standard InChI is InChI=1S/C20H28N4O/c1-14-8-10-17(11-9-14)19-7-5-6-12-24(19)20(25)21-15(2)18-13-23(4)22-16(18)3/h8-11,13,15,19H,5-7,12H2,1-4H3,(H,21,25). The second-order valence-corrected chi connectivity index (χ2v) is 7.13. The van der Waals surface area contributed by atoms with E-state index in [0.29, 0.717) is 0 Å². The van der Waals surface area contributed by atoms with Crippen LogP contribution in [0.4, 0.5) is 4.79 Å². The molecule has 3 rings (SSSR count). The van der Waals surface area contributed by atoms with Gasteiger partial charge in [-0.05, 0) is 45.6 Å². The molecule has 2 unspecified atom stereocenters. The minimum absolute atomic E-state index is 0.0148. The molecule has 1 aliphatic heterocycles. The summed E-state index contributed by atoms with van der Waals surface area (Å²) in [4.78, 5) is 14.9. The first kappa shape index (κ1) is 17.5. The number of nitrogens with one attached hydrogen (secondary N) is 1. The number of carbonyl (C=O) groups is 1. The number of rotatable bonds is 3. The van der Waals surface area contributed by atoms with E-state index in [4.69, 9.17) is 0 Å². The van der Waals surface area contributed by atoms with E-state index in [-0.39, 0.29) is 18.1 Å². The van der Waals surface area contributed by atoms with Crippen LogP contribution in [0.5, 0.6) is 0 Å². The first-order chi connectivity index (χ1) is 12.0. The summed E-state index contributed by atoms with van der Waals surface area (Å²) >= 11 is 0. The zero-order chi connectivity index (χ0) is 18.0. The monoisotopic (exact) mass is 340 g/mol. The van der Waals surface area contributed by atoms with Crippen LogP contribution in [0.25, 0.3) is 0 Å². The van der Waals surface area contributed by atoms with E-state index < -0.39 is 0 Å². The van der Waals surface area contributed by atoms with Gasteiger partial charge in [0.1, 0.15) is 0 Å². The van der Waals surface area contributed by atoms with Gasteiger partial charge in [0.25, 0.3) is 0 Å². The number of aryl methyl sites for hydroxylation is 3. The van der Waals surface area contributed by atoms with E-state index in [1.807, 2.05) is 32.0 Å². The van der Waals surface area contributed by atoms with Crippen LogP contribution in [0, 0.1) is 13.8 Å². The van der Waals surface area contributed by atoms with Crippen molar-refractivity contribution in [3.05, 3.63) is 52.8 Å². The molecule has 0 spiro atoms. The number of benzene rings is 1. The molecule has 1 aromatic carbocycles. The Bertz CT molecular complexity index is 735. The Kier molecular flexibility index (Phi) is 5.11. The molecular formula is C20H28N4O. The highest BCUT2D eigenvalue weighted by atomic mass is 16.2. The molecule has 1 aliphatic rings. The van der Waals surface area contributed by atoms with Crippen molar-refractivity contribution in [3.63, 3.8) is 0 Å². The van der Waals surface area contributed by atoms with Gasteiger partial charge < -0.3 is 10.2 Å². The van der Waals surface area contributed by atoms with Crippen LogP contribution in [-0.4, -0.2) is 27.3 Å². The highest BCUT2D eigenvalue weighted by Crippen LogP contribution is 2.31. The Morgan fingerprint density at radius 2 is 1.96 bits per heavy atom. The summed E-state index contributed by atoms with van der Waals surface area (Å²) in [5, 5.41) is 7.54. The van der Waals surface area contributed by atoms with Crippen molar-refractivity contribution in [2.45, 2.75) is 52.1 Å². The van der Waals surface area contributed by atoms with E-state index in [1.165, 1.54) is 17.5 Å². The van der Waals surface area contributed by atoms with Crippen molar-refractivity contribution < 1.29 is 4.79 Å². The molecule has 1 fully saturated rings. The van der Waals surface area contributed by atoms with Gasteiger partial charge in [-0.2, -0.15) is 5.10 Å². The molecule has 2 atom stereocenters. The average Bonchev–Trinajstić information content (AvgIpc) is 2.94. The highest BCUT2D eigenvalue weighted by molar-refractivity contribution is 5.75. The number of aromatic nitrogens is 2.